The van der Waals surface area contributed by atoms with Crippen molar-refractivity contribution >= 4 is 22.4 Å². The number of benzene rings is 2. The standard InChI is InChI=1S/C21H23N3O4/c1-3-12-28-15-8-9-18(14(2)13-15)22-19(25)10-11-24-21(27)17-7-5-4-6-16(17)20(26)23-24/h4-9,13H,3,10-12H2,1-2H3,(H,22,25)(H,23,26). The summed E-state index contributed by atoms with van der Waals surface area (Å²) in [5.41, 5.74) is 0.900. The number of nitrogens with one attached hydrogen (secondary N) is 2. The first-order valence-electron chi connectivity index (χ1n) is 9.24. The summed E-state index contributed by atoms with van der Waals surface area (Å²) in [6.45, 7) is 4.65. The third-order valence-electron chi connectivity index (χ3n) is 4.39. The number of carbonyl (C=O) groups is 1. The number of H-pyrrole nitrogens is 1. The van der Waals surface area contributed by atoms with Crippen molar-refractivity contribution in [1.29, 1.82) is 0 Å². The van der Waals surface area contributed by atoms with Crippen LogP contribution in [0.1, 0.15) is 25.3 Å². The van der Waals surface area contributed by atoms with Crippen molar-refractivity contribution in [3.05, 3.63) is 68.7 Å². The van der Waals surface area contributed by atoms with E-state index in [4.69, 9.17) is 4.74 Å². The molecular weight excluding hydrogens is 358 g/mol. The predicted octanol–water partition coefficient (Wildman–Crippen LogP) is 2.82. The van der Waals surface area contributed by atoms with E-state index < -0.39 is 0 Å². The molecule has 0 unspecified atom stereocenters. The molecule has 0 aliphatic carbocycles. The molecule has 0 saturated carbocycles. The van der Waals surface area contributed by atoms with Gasteiger partial charge in [-0.25, -0.2) is 4.68 Å². The second-order valence-corrected chi connectivity index (χ2v) is 6.57. The van der Waals surface area contributed by atoms with E-state index in [-0.39, 0.29) is 30.0 Å². The van der Waals surface area contributed by atoms with E-state index in [9.17, 15) is 14.4 Å². The van der Waals surface area contributed by atoms with Crippen LogP contribution in [0.2, 0.25) is 0 Å². The molecule has 0 radical (unpaired) electrons. The normalized spacial score (nSPS) is 10.8. The van der Waals surface area contributed by atoms with Crippen molar-refractivity contribution in [2.45, 2.75) is 33.2 Å². The maximum atomic E-state index is 12.5. The van der Waals surface area contributed by atoms with Gasteiger partial charge in [0.05, 0.1) is 23.9 Å². The van der Waals surface area contributed by atoms with Crippen molar-refractivity contribution in [3.8, 4) is 5.75 Å². The molecule has 1 amide bonds. The molecule has 1 aromatic heterocycles. The Morgan fingerprint density at radius 1 is 1.14 bits per heavy atom. The molecule has 2 N–H and O–H groups in total. The highest BCUT2D eigenvalue weighted by molar-refractivity contribution is 5.91. The summed E-state index contributed by atoms with van der Waals surface area (Å²) in [6, 6.07) is 12.1. The molecule has 0 bridgehead atoms. The molecule has 0 spiro atoms. The van der Waals surface area contributed by atoms with Gasteiger partial charge in [-0.05, 0) is 49.2 Å². The Labute approximate surface area is 161 Å². The monoisotopic (exact) mass is 381 g/mol. The summed E-state index contributed by atoms with van der Waals surface area (Å²) in [7, 11) is 0. The Kier molecular flexibility index (Phi) is 5.93. The van der Waals surface area contributed by atoms with Crippen LogP contribution in [0.3, 0.4) is 0 Å². The fourth-order valence-electron chi connectivity index (χ4n) is 2.92. The minimum atomic E-state index is -0.353. The zero-order valence-corrected chi connectivity index (χ0v) is 16.0. The van der Waals surface area contributed by atoms with Gasteiger partial charge in [0.2, 0.25) is 5.91 Å². The number of hydrogen-bond acceptors (Lipinski definition) is 4. The van der Waals surface area contributed by atoms with Gasteiger partial charge in [-0.2, -0.15) is 0 Å². The Morgan fingerprint density at radius 3 is 2.61 bits per heavy atom. The average molecular weight is 381 g/mol. The average Bonchev–Trinajstić information content (AvgIpc) is 2.70. The zero-order valence-electron chi connectivity index (χ0n) is 16.0. The first-order valence-corrected chi connectivity index (χ1v) is 9.24. The smallest absolute Gasteiger partial charge is 0.273 e. The van der Waals surface area contributed by atoms with Crippen LogP contribution in [0.15, 0.2) is 52.1 Å². The second kappa shape index (κ2) is 8.56. The van der Waals surface area contributed by atoms with Crippen LogP contribution in [0, 0.1) is 6.92 Å². The largest absolute Gasteiger partial charge is 0.494 e. The number of hydrogen-bond donors (Lipinski definition) is 2. The number of aryl methyl sites for hydroxylation is 2. The quantitative estimate of drug-likeness (QED) is 0.658. The number of ether oxygens (including phenoxy) is 1. The van der Waals surface area contributed by atoms with Gasteiger partial charge in [-0.1, -0.05) is 19.1 Å². The third-order valence-corrected chi connectivity index (χ3v) is 4.39. The van der Waals surface area contributed by atoms with Gasteiger partial charge in [-0.15, -0.1) is 0 Å². The molecule has 7 heteroatoms. The highest BCUT2D eigenvalue weighted by Gasteiger charge is 2.10. The van der Waals surface area contributed by atoms with E-state index in [0.29, 0.717) is 23.1 Å². The van der Waals surface area contributed by atoms with Crippen LogP contribution in [0.5, 0.6) is 5.75 Å². The van der Waals surface area contributed by atoms with Gasteiger partial charge in [0.15, 0.2) is 0 Å². The molecular formula is C21H23N3O4. The van der Waals surface area contributed by atoms with Crippen LogP contribution in [-0.4, -0.2) is 22.3 Å². The van der Waals surface area contributed by atoms with Gasteiger partial charge < -0.3 is 10.1 Å². The van der Waals surface area contributed by atoms with Crippen LogP contribution in [0.25, 0.3) is 10.8 Å². The number of fused-ring (bicyclic) bond motifs is 1. The maximum absolute atomic E-state index is 12.5. The minimum Gasteiger partial charge on any atom is -0.494 e. The van der Waals surface area contributed by atoms with E-state index in [1.54, 1.807) is 30.3 Å². The lowest BCUT2D eigenvalue weighted by molar-refractivity contribution is -0.116. The summed E-state index contributed by atoms with van der Waals surface area (Å²) < 4.78 is 6.76. The van der Waals surface area contributed by atoms with E-state index in [2.05, 4.69) is 10.4 Å². The topological polar surface area (TPSA) is 93.2 Å². The summed E-state index contributed by atoms with van der Waals surface area (Å²) >= 11 is 0. The fourth-order valence-corrected chi connectivity index (χ4v) is 2.92. The summed E-state index contributed by atoms with van der Waals surface area (Å²) in [4.78, 5) is 36.9. The third kappa shape index (κ3) is 4.31. The SMILES string of the molecule is CCCOc1ccc(NC(=O)CCn2[nH]c(=O)c3ccccc3c2=O)c(C)c1. The van der Waals surface area contributed by atoms with Gasteiger partial charge in [0.25, 0.3) is 11.1 Å². The molecule has 1 heterocycles. The molecule has 0 atom stereocenters. The van der Waals surface area contributed by atoms with Gasteiger partial charge in [0, 0.05) is 12.1 Å². The highest BCUT2D eigenvalue weighted by atomic mass is 16.5. The van der Waals surface area contributed by atoms with E-state index in [1.165, 1.54) is 4.68 Å². The van der Waals surface area contributed by atoms with E-state index in [0.717, 1.165) is 17.7 Å². The van der Waals surface area contributed by atoms with Gasteiger partial charge in [0.1, 0.15) is 5.75 Å². The molecule has 28 heavy (non-hydrogen) atoms. The molecule has 0 aliphatic rings. The van der Waals surface area contributed by atoms with Crippen LogP contribution in [-0.2, 0) is 11.3 Å². The Hall–Kier alpha value is -3.35. The lowest BCUT2D eigenvalue weighted by atomic mass is 10.2. The number of aromatic nitrogens is 2. The van der Waals surface area contributed by atoms with Crippen LogP contribution >= 0.6 is 0 Å². The summed E-state index contributed by atoms with van der Waals surface area (Å²) in [5.74, 6) is 0.517. The first-order chi connectivity index (χ1) is 13.5. The molecule has 3 rings (SSSR count). The minimum absolute atomic E-state index is 0.0573. The molecule has 0 saturated heterocycles. The second-order valence-electron chi connectivity index (χ2n) is 6.57. The number of carbonyl (C=O) groups excluding carboxylic acids is 1. The van der Waals surface area contributed by atoms with Crippen molar-refractivity contribution < 1.29 is 9.53 Å². The van der Waals surface area contributed by atoms with Crippen molar-refractivity contribution in [2.24, 2.45) is 0 Å². The zero-order chi connectivity index (χ0) is 20.1. The number of aromatic amines is 1. The van der Waals surface area contributed by atoms with Crippen molar-refractivity contribution in [2.75, 3.05) is 11.9 Å². The Balaban J connectivity index is 1.68. The van der Waals surface area contributed by atoms with Gasteiger partial charge in [-0.3, -0.25) is 19.5 Å². The summed E-state index contributed by atoms with van der Waals surface area (Å²) in [6.07, 6.45) is 0.982. The fraction of sp³-hybridized carbons (Fsp3) is 0.286. The highest BCUT2D eigenvalue weighted by Crippen LogP contribution is 2.21. The molecule has 2 aromatic carbocycles. The Morgan fingerprint density at radius 2 is 1.89 bits per heavy atom. The number of anilines is 1. The van der Waals surface area contributed by atoms with E-state index in [1.807, 2.05) is 26.0 Å². The van der Waals surface area contributed by atoms with Gasteiger partial charge >= 0.3 is 0 Å². The predicted molar refractivity (Wildman–Crippen MR) is 109 cm³/mol. The van der Waals surface area contributed by atoms with Crippen molar-refractivity contribution in [3.63, 3.8) is 0 Å². The lowest BCUT2D eigenvalue weighted by Gasteiger charge is -2.12. The molecule has 0 fully saturated rings. The molecule has 7 nitrogen and oxygen atoms in total. The molecule has 0 aliphatic heterocycles. The van der Waals surface area contributed by atoms with Crippen LogP contribution in [0.4, 0.5) is 5.69 Å². The summed E-state index contributed by atoms with van der Waals surface area (Å²) in [5, 5.41) is 6.04. The first kappa shape index (κ1) is 19.4. The number of rotatable bonds is 7. The number of nitrogens with zero attached hydrogens (tertiary/aromatic N) is 1. The van der Waals surface area contributed by atoms with Crippen molar-refractivity contribution in [1.82, 2.24) is 9.78 Å². The molecule has 146 valence electrons. The molecule has 3 aromatic rings. The number of amides is 1. The lowest BCUT2D eigenvalue weighted by Crippen LogP contribution is -2.31. The van der Waals surface area contributed by atoms with Crippen LogP contribution < -0.4 is 21.2 Å². The Bertz CT molecular complexity index is 1110. The van der Waals surface area contributed by atoms with E-state index >= 15 is 0 Å². The maximum Gasteiger partial charge on any atom is 0.273 e.